The average molecular weight is 290 g/mol. The molecular formula is C15H18N2O4. The lowest BCUT2D eigenvalue weighted by Gasteiger charge is -2.17. The Morgan fingerprint density at radius 3 is 2.62 bits per heavy atom. The number of methoxy groups -OCH3 is 1. The lowest BCUT2D eigenvalue weighted by Crippen LogP contribution is -2.31. The van der Waals surface area contributed by atoms with Gasteiger partial charge in [0.15, 0.2) is 0 Å². The van der Waals surface area contributed by atoms with E-state index in [1.807, 2.05) is 0 Å². The Morgan fingerprint density at radius 2 is 2.00 bits per heavy atom. The normalized spacial score (nSPS) is 13.4. The van der Waals surface area contributed by atoms with E-state index in [2.05, 4.69) is 0 Å². The van der Waals surface area contributed by atoms with E-state index in [-0.39, 0.29) is 5.91 Å². The van der Waals surface area contributed by atoms with Gasteiger partial charge in [0.1, 0.15) is 5.75 Å². The van der Waals surface area contributed by atoms with E-state index in [4.69, 9.17) is 4.74 Å². The van der Waals surface area contributed by atoms with Crippen LogP contribution in [-0.2, 0) is 9.59 Å². The van der Waals surface area contributed by atoms with Gasteiger partial charge in [-0.05, 0) is 24.6 Å². The maximum atomic E-state index is 12.0. The highest BCUT2D eigenvalue weighted by Crippen LogP contribution is 2.32. The number of benzene rings is 1. The van der Waals surface area contributed by atoms with Crippen molar-refractivity contribution in [2.45, 2.75) is 12.8 Å². The van der Waals surface area contributed by atoms with Crippen molar-refractivity contribution in [2.75, 3.05) is 32.6 Å². The topological polar surface area (TPSA) is 66.9 Å². The molecule has 1 heterocycles. The zero-order valence-corrected chi connectivity index (χ0v) is 12.4. The van der Waals surface area contributed by atoms with Crippen LogP contribution in [-0.4, -0.2) is 50.2 Å². The third-order valence-electron chi connectivity index (χ3n) is 3.45. The monoisotopic (exact) mass is 290 g/mol. The average Bonchev–Trinajstić information content (AvgIpc) is 2.71. The molecule has 2 rings (SSSR count). The first-order valence-corrected chi connectivity index (χ1v) is 6.70. The molecule has 2 amide bonds. The summed E-state index contributed by atoms with van der Waals surface area (Å²) in [6, 6.07) is 4.98. The molecule has 0 radical (unpaired) electrons. The summed E-state index contributed by atoms with van der Waals surface area (Å²) in [5.74, 6) is -0.527. The Balaban J connectivity index is 2.10. The molecule has 0 atom stereocenters. The number of anilines is 1. The molecule has 0 bridgehead atoms. The number of rotatable bonds is 5. The van der Waals surface area contributed by atoms with E-state index in [1.165, 1.54) is 16.9 Å². The Labute approximate surface area is 123 Å². The number of hydrogen-bond acceptors (Lipinski definition) is 4. The number of carbonyl (C=O) groups excluding carboxylic acids is 3. The van der Waals surface area contributed by atoms with E-state index >= 15 is 0 Å². The second-order valence-electron chi connectivity index (χ2n) is 5.06. The van der Waals surface area contributed by atoms with Crippen molar-refractivity contribution in [1.82, 2.24) is 4.90 Å². The number of amides is 2. The predicted octanol–water partition coefficient (Wildman–Crippen LogP) is 1.09. The van der Waals surface area contributed by atoms with Crippen molar-refractivity contribution in [2.24, 2.45) is 0 Å². The molecule has 6 nitrogen and oxygen atoms in total. The third kappa shape index (κ3) is 2.89. The van der Waals surface area contributed by atoms with E-state index in [9.17, 15) is 14.4 Å². The highest BCUT2D eigenvalue weighted by Gasteiger charge is 2.35. The minimum atomic E-state index is -0.546. The summed E-state index contributed by atoms with van der Waals surface area (Å²) in [5, 5.41) is 0. The van der Waals surface area contributed by atoms with Crippen LogP contribution in [0.3, 0.4) is 0 Å². The van der Waals surface area contributed by atoms with Gasteiger partial charge in [0.2, 0.25) is 5.91 Å². The van der Waals surface area contributed by atoms with Crippen molar-refractivity contribution >= 4 is 23.3 Å². The van der Waals surface area contributed by atoms with Crippen molar-refractivity contribution in [3.05, 3.63) is 23.8 Å². The first-order valence-electron chi connectivity index (χ1n) is 6.70. The van der Waals surface area contributed by atoms with Gasteiger partial charge in [0.25, 0.3) is 11.7 Å². The predicted molar refractivity (Wildman–Crippen MR) is 77.6 cm³/mol. The quantitative estimate of drug-likeness (QED) is 0.761. The molecule has 0 fully saturated rings. The summed E-state index contributed by atoms with van der Waals surface area (Å²) in [7, 11) is 4.89. The van der Waals surface area contributed by atoms with Crippen LogP contribution in [0.2, 0.25) is 0 Å². The van der Waals surface area contributed by atoms with Crippen molar-refractivity contribution in [1.29, 1.82) is 0 Å². The number of fused-ring (bicyclic) bond motifs is 1. The van der Waals surface area contributed by atoms with Gasteiger partial charge < -0.3 is 14.5 Å². The van der Waals surface area contributed by atoms with Gasteiger partial charge in [-0.3, -0.25) is 14.4 Å². The van der Waals surface area contributed by atoms with Crippen LogP contribution < -0.4 is 9.64 Å². The SMILES string of the molecule is COc1ccc2c(c1)C(=O)C(=O)N2CCCC(=O)N(C)C. The Kier molecular flexibility index (Phi) is 4.26. The van der Waals surface area contributed by atoms with Gasteiger partial charge in [-0.1, -0.05) is 0 Å². The van der Waals surface area contributed by atoms with Crippen LogP contribution in [0.4, 0.5) is 5.69 Å². The van der Waals surface area contributed by atoms with Gasteiger partial charge >= 0.3 is 0 Å². The number of ether oxygens (including phenoxy) is 1. The summed E-state index contributed by atoms with van der Waals surface area (Å²) >= 11 is 0. The molecule has 0 aliphatic carbocycles. The van der Waals surface area contributed by atoms with Gasteiger partial charge in [0, 0.05) is 27.1 Å². The van der Waals surface area contributed by atoms with E-state index in [0.717, 1.165) is 0 Å². The number of ketones is 1. The van der Waals surface area contributed by atoms with Crippen LogP contribution in [0.25, 0.3) is 0 Å². The fraction of sp³-hybridized carbons (Fsp3) is 0.400. The minimum Gasteiger partial charge on any atom is -0.497 e. The Hall–Kier alpha value is -2.37. The van der Waals surface area contributed by atoms with Crippen molar-refractivity contribution < 1.29 is 19.1 Å². The highest BCUT2D eigenvalue weighted by atomic mass is 16.5. The number of Topliss-reactive ketones (excluding diaryl/α,β-unsaturated/α-hetero) is 1. The van der Waals surface area contributed by atoms with E-state index < -0.39 is 11.7 Å². The maximum Gasteiger partial charge on any atom is 0.299 e. The summed E-state index contributed by atoms with van der Waals surface area (Å²) in [4.78, 5) is 38.4. The van der Waals surface area contributed by atoms with Crippen LogP contribution in [0.15, 0.2) is 18.2 Å². The molecule has 0 unspecified atom stereocenters. The molecule has 0 N–H and O–H groups in total. The summed E-state index contributed by atoms with van der Waals surface area (Å²) in [6.07, 6.45) is 0.859. The van der Waals surface area contributed by atoms with Crippen LogP contribution in [0, 0.1) is 0 Å². The standard InChI is InChI=1S/C15H18N2O4/c1-16(2)13(18)5-4-8-17-12-7-6-10(21-3)9-11(12)14(19)15(17)20/h6-7,9H,4-5,8H2,1-3H3. The van der Waals surface area contributed by atoms with E-state index in [1.54, 1.807) is 32.3 Å². The second-order valence-corrected chi connectivity index (χ2v) is 5.06. The molecule has 21 heavy (non-hydrogen) atoms. The second kappa shape index (κ2) is 5.95. The van der Waals surface area contributed by atoms with Crippen LogP contribution in [0.5, 0.6) is 5.75 Å². The van der Waals surface area contributed by atoms with Gasteiger partial charge in [0.05, 0.1) is 18.4 Å². The van der Waals surface area contributed by atoms with E-state index in [0.29, 0.717) is 36.4 Å². The third-order valence-corrected chi connectivity index (χ3v) is 3.45. The number of carbonyl (C=O) groups is 3. The molecule has 1 aromatic carbocycles. The maximum absolute atomic E-state index is 12.0. The number of hydrogen-bond donors (Lipinski definition) is 0. The van der Waals surface area contributed by atoms with Crippen molar-refractivity contribution in [3.63, 3.8) is 0 Å². The fourth-order valence-corrected chi connectivity index (χ4v) is 2.24. The molecule has 1 aromatic rings. The Morgan fingerprint density at radius 1 is 1.29 bits per heavy atom. The molecule has 112 valence electrons. The van der Waals surface area contributed by atoms with Crippen LogP contribution >= 0.6 is 0 Å². The van der Waals surface area contributed by atoms with Gasteiger partial charge in [-0.25, -0.2) is 0 Å². The summed E-state index contributed by atoms with van der Waals surface area (Å²) < 4.78 is 5.07. The first-order chi connectivity index (χ1) is 9.95. The fourth-order valence-electron chi connectivity index (χ4n) is 2.24. The molecule has 6 heteroatoms. The largest absolute Gasteiger partial charge is 0.497 e. The minimum absolute atomic E-state index is 0.00271. The lowest BCUT2D eigenvalue weighted by molar-refractivity contribution is -0.128. The summed E-state index contributed by atoms with van der Waals surface area (Å²) in [5.41, 5.74) is 0.946. The molecule has 0 spiro atoms. The molecule has 1 aliphatic heterocycles. The van der Waals surface area contributed by atoms with Crippen LogP contribution in [0.1, 0.15) is 23.2 Å². The summed E-state index contributed by atoms with van der Waals surface area (Å²) in [6.45, 7) is 0.351. The van der Waals surface area contributed by atoms with Crippen molar-refractivity contribution in [3.8, 4) is 5.75 Å². The highest BCUT2D eigenvalue weighted by molar-refractivity contribution is 6.52. The van der Waals surface area contributed by atoms with Gasteiger partial charge in [-0.15, -0.1) is 0 Å². The molecule has 1 aliphatic rings. The molecule has 0 saturated carbocycles. The first kappa shape index (κ1) is 15.0. The van der Waals surface area contributed by atoms with Gasteiger partial charge in [-0.2, -0.15) is 0 Å². The lowest BCUT2D eigenvalue weighted by atomic mass is 10.1. The Bertz CT molecular complexity index is 595. The number of nitrogens with zero attached hydrogens (tertiary/aromatic N) is 2. The zero-order valence-electron chi connectivity index (χ0n) is 12.4. The smallest absolute Gasteiger partial charge is 0.299 e. The molecular weight excluding hydrogens is 272 g/mol. The zero-order chi connectivity index (χ0) is 15.6. The molecule has 0 aromatic heterocycles. The molecule has 0 saturated heterocycles.